The number of alkyl halides is 6. The Morgan fingerprint density at radius 3 is 2.22 bits per heavy atom. The van der Waals surface area contributed by atoms with E-state index in [9.17, 15) is 26.3 Å². The lowest BCUT2D eigenvalue weighted by Gasteiger charge is -2.50. The molecule has 204 valence electrons. The molecule has 2 atom stereocenters. The van der Waals surface area contributed by atoms with Crippen LogP contribution >= 0.6 is 0 Å². The van der Waals surface area contributed by atoms with Crippen LogP contribution in [0.2, 0.25) is 0 Å². The lowest BCUT2D eigenvalue weighted by atomic mass is 9.73. The molecule has 0 radical (unpaired) electrons. The zero-order valence-electron chi connectivity index (χ0n) is 19.2. The van der Waals surface area contributed by atoms with Gasteiger partial charge in [0.25, 0.3) is 0 Å². The number of pyridine rings is 1. The first-order valence-corrected chi connectivity index (χ1v) is 10.7. The summed E-state index contributed by atoms with van der Waals surface area (Å²) < 4.78 is 75.4. The van der Waals surface area contributed by atoms with E-state index in [-0.39, 0.29) is 5.41 Å². The van der Waals surface area contributed by atoms with Gasteiger partial charge in [0.2, 0.25) is 0 Å². The Morgan fingerprint density at radius 1 is 1.17 bits per heavy atom. The number of nitrogens with zero attached hydrogens (tertiary/aromatic N) is 2. The number of ether oxygens (including phenoxy) is 2. The molecular formula is C22H28F6N2O6. The summed E-state index contributed by atoms with van der Waals surface area (Å²) in [6.07, 6.45) is -0.822. The summed E-state index contributed by atoms with van der Waals surface area (Å²) in [5.74, 6) is -5.51. The number of aromatic nitrogens is 1. The van der Waals surface area contributed by atoms with Crippen molar-refractivity contribution in [1.29, 1.82) is 0 Å². The highest BCUT2D eigenvalue weighted by Crippen LogP contribution is 2.40. The number of carboxylic acid groups (broad SMARTS) is 2. The summed E-state index contributed by atoms with van der Waals surface area (Å²) in [6.45, 7) is 9.17. The van der Waals surface area contributed by atoms with E-state index in [2.05, 4.69) is 28.6 Å². The molecule has 2 saturated heterocycles. The zero-order chi connectivity index (χ0) is 27.4. The van der Waals surface area contributed by atoms with E-state index < -0.39 is 24.3 Å². The van der Waals surface area contributed by atoms with Gasteiger partial charge in [0.1, 0.15) is 0 Å². The minimum absolute atomic E-state index is 0.145. The third kappa shape index (κ3) is 10.9. The monoisotopic (exact) mass is 530 g/mol. The van der Waals surface area contributed by atoms with Crippen molar-refractivity contribution < 1.29 is 55.6 Å². The van der Waals surface area contributed by atoms with Gasteiger partial charge in [0.15, 0.2) is 0 Å². The van der Waals surface area contributed by atoms with Gasteiger partial charge >= 0.3 is 24.3 Å². The SMILES string of the molecule is C=CCOCC12CCCOC1CCN(Cc1ccncc1)C2.O=C(O)C(F)(F)F.O=C(O)C(F)(F)F. The van der Waals surface area contributed by atoms with Crippen LogP contribution in [0, 0.1) is 5.41 Å². The van der Waals surface area contributed by atoms with Gasteiger partial charge in [-0.25, -0.2) is 9.59 Å². The van der Waals surface area contributed by atoms with Gasteiger partial charge in [0.05, 0.1) is 19.3 Å². The first-order valence-electron chi connectivity index (χ1n) is 10.7. The highest BCUT2D eigenvalue weighted by molar-refractivity contribution is 5.73. The average molecular weight is 530 g/mol. The van der Waals surface area contributed by atoms with Crippen molar-refractivity contribution >= 4 is 11.9 Å². The molecule has 2 N–H and O–H groups in total. The summed E-state index contributed by atoms with van der Waals surface area (Å²) in [5.41, 5.74) is 1.47. The van der Waals surface area contributed by atoms with E-state index in [0.29, 0.717) is 12.7 Å². The van der Waals surface area contributed by atoms with E-state index >= 15 is 0 Å². The molecule has 2 aliphatic heterocycles. The van der Waals surface area contributed by atoms with Crippen molar-refractivity contribution in [2.24, 2.45) is 5.41 Å². The number of carbonyl (C=O) groups is 2. The standard InChI is InChI=1S/C18H26N2O2.2C2HF3O2/c1-2-11-21-15-18-7-3-12-22-17(18)6-10-20(14-18)13-16-4-8-19-9-5-16;2*3-2(4,5)1(6)7/h2,4-5,8-9,17H,1,3,6-7,10-15H2;2*(H,6,7). The van der Waals surface area contributed by atoms with Crippen molar-refractivity contribution in [2.75, 3.05) is 32.9 Å². The molecule has 2 aliphatic rings. The van der Waals surface area contributed by atoms with Crippen molar-refractivity contribution in [1.82, 2.24) is 9.88 Å². The number of fused-ring (bicyclic) bond motifs is 1. The molecule has 0 amide bonds. The largest absolute Gasteiger partial charge is 0.490 e. The predicted octanol–water partition coefficient (Wildman–Crippen LogP) is 3.92. The van der Waals surface area contributed by atoms with Gasteiger partial charge in [-0.05, 0) is 37.0 Å². The average Bonchev–Trinajstić information content (AvgIpc) is 2.79. The smallest absolute Gasteiger partial charge is 0.475 e. The van der Waals surface area contributed by atoms with Crippen LogP contribution in [-0.2, 0) is 25.6 Å². The molecule has 0 aliphatic carbocycles. The van der Waals surface area contributed by atoms with Crippen LogP contribution < -0.4 is 0 Å². The normalized spacial score (nSPS) is 22.1. The highest BCUT2D eigenvalue weighted by Gasteiger charge is 2.46. The van der Waals surface area contributed by atoms with Gasteiger partial charge < -0.3 is 19.7 Å². The van der Waals surface area contributed by atoms with Crippen LogP contribution in [0.4, 0.5) is 26.3 Å². The Kier molecular flexibility index (Phi) is 12.3. The minimum Gasteiger partial charge on any atom is -0.475 e. The van der Waals surface area contributed by atoms with Crippen molar-refractivity contribution in [3.63, 3.8) is 0 Å². The summed E-state index contributed by atoms with van der Waals surface area (Å²) >= 11 is 0. The predicted molar refractivity (Wildman–Crippen MR) is 114 cm³/mol. The minimum atomic E-state index is -5.08. The van der Waals surface area contributed by atoms with Crippen molar-refractivity contribution in [2.45, 2.75) is 44.3 Å². The van der Waals surface area contributed by atoms with Gasteiger partial charge in [-0.1, -0.05) is 6.08 Å². The maximum Gasteiger partial charge on any atom is 0.490 e. The van der Waals surface area contributed by atoms with Gasteiger partial charge in [-0.15, -0.1) is 6.58 Å². The van der Waals surface area contributed by atoms with Crippen LogP contribution in [0.3, 0.4) is 0 Å². The summed E-state index contributed by atoms with van der Waals surface area (Å²) in [6, 6.07) is 4.20. The number of hydrogen-bond acceptors (Lipinski definition) is 6. The first kappa shape index (κ1) is 31.3. The number of likely N-dealkylation sites (tertiary alicyclic amines) is 1. The van der Waals surface area contributed by atoms with Gasteiger partial charge in [0, 0.05) is 44.0 Å². The van der Waals surface area contributed by atoms with Crippen LogP contribution in [-0.4, -0.2) is 83.4 Å². The third-order valence-corrected chi connectivity index (χ3v) is 5.33. The maximum absolute atomic E-state index is 10.6. The van der Waals surface area contributed by atoms with Crippen LogP contribution in [0.25, 0.3) is 0 Å². The van der Waals surface area contributed by atoms with Gasteiger partial charge in [-0.3, -0.25) is 9.88 Å². The molecule has 1 aromatic heterocycles. The van der Waals surface area contributed by atoms with Crippen LogP contribution in [0.5, 0.6) is 0 Å². The summed E-state index contributed by atoms with van der Waals surface area (Å²) in [4.78, 5) is 24.4. The van der Waals surface area contributed by atoms with E-state index in [0.717, 1.165) is 45.7 Å². The number of rotatable bonds is 6. The van der Waals surface area contributed by atoms with Crippen LogP contribution in [0.1, 0.15) is 24.8 Å². The lowest BCUT2D eigenvalue weighted by molar-refractivity contribution is -0.193. The third-order valence-electron chi connectivity index (χ3n) is 5.33. The topological polar surface area (TPSA) is 109 Å². The Morgan fingerprint density at radius 2 is 1.72 bits per heavy atom. The van der Waals surface area contributed by atoms with E-state index in [1.165, 1.54) is 12.0 Å². The molecule has 0 saturated carbocycles. The second kappa shape index (κ2) is 14.1. The van der Waals surface area contributed by atoms with Gasteiger partial charge in [-0.2, -0.15) is 26.3 Å². The number of aliphatic carboxylic acids is 2. The molecule has 36 heavy (non-hydrogen) atoms. The second-order valence-electron chi connectivity index (χ2n) is 8.09. The fraction of sp³-hybridized carbons (Fsp3) is 0.591. The molecule has 2 unspecified atom stereocenters. The molecule has 8 nitrogen and oxygen atoms in total. The molecule has 0 aromatic carbocycles. The summed E-state index contributed by atoms with van der Waals surface area (Å²) in [7, 11) is 0. The molecule has 14 heteroatoms. The fourth-order valence-electron chi connectivity index (χ4n) is 3.82. The maximum atomic E-state index is 10.6. The fourth-order valence-corrected chi connectivity index (χ4v) is 3.82. The summed E-state index contributed by atoms with van der Waals surface area (Å²) in [5, 5.41) is 14.2. The van der Waals surface area contributed by atoms with E-state index in [1.54, 1.807) is 0 Å². The number of halogens is 6. The number of carboxylic acids is 2. The lowest BCUT2D eigenvalue weighted by Crippen LogP contribution is -2.56. The quantitative estimate of drug-likeness (QED) is 0.324. The number of piperidine rings is 1. The molecule has 3 heterocycles. The molecule has 3 rings (SSSR count). The Bertz CT molecular complexity index is 813. The number of hydrogen-bond donors (Lipinski definition) is 2. The van der Waals surface area contributed by atoms with Crippen LogP contribution in [0.15, 0.2) is 37.2 Å². The molecule has 0 bridgehead atoms. The van der Waals surface area contributed by atoms with E-state index in [1.807, 2.05) is 18.5 Å². The van der Waals surface area contributed by atoms with Crippen molar-refractivity contribution in [3.05, 3.63) is 42.7 Å². The Labute approximate surface area is 203 Å². The van der Waals surface area contributed by atoms with E-state index in [4.69, 9.17) is 29.3 Å². The zero-order valence-corrected chi connectivity index (χ0v) is 19.2. The molecular weight excluding hydrogens is 502 g/mol. The highest BCUT2D eigenvalue weighted by atomic mass is 19.4. The Hall–Kier alpha value is -2.71. The second-order valence-corrected chi connectivity index (χ2v) is 8.09. The Balaban J connectivity index is 0.000000383. The first-order chi connectivity index (χ1) is 16.7. The van der Waals surface area contributed by atoms with Crippen molar-refractivity contribution in [3.8, 4) is 0 Å². The molecule has 1 aromatic rings. The molecule has 2 fully saturated rings. The molecule has 0 spiro atoms.